The van der Waals surface area contributed by atoms with Gasteiger partial charge in [0.05, 0.1) is 0 Å². The van der Waals surface area contributed by atoms with Gasteiger partial charge in [0.1, 0.15) is 17.7 Å². The molecule has 0 spiro atoms. The lowest BCUT2D eigenvalue weighted by atomic mass is 9.98. The average molecular weight is 522 g/mol. The second-order valence-electron chi connectivity index (χ2n) is 10.3. The molecule has 0 bridgehead atoms. The number of nitrogens with one attached hydrogen (secondary N) is 2. The summed E-state index contributed by atoms with van der Waals surface area (Å²) in [6.45, 7) is 14.4. The van der Waals surface area contributed by atoms with E-state index in [0.29, 0.717) is 31.7 Å². The third kappa shape index (κ3) is 11.2. The van der Waals surface area contributed by atoms with E-state index in [2.05, 4.69) is 23.6 Å². The Labute approximate surface area is 222 Å². The van der Waals surface area contributed by atoms with Gasteiger partial charge >= 0.3 is 6.09 Å². The number of aryl methyl sites for hydroxylation is 2. The van der Waals surface area contributed by atoms with Crippen LogP contribution in [0, 0.1) is 13.8 Å². The second kappa shape index (κ2) is 15.8. The van der Waals surface area contributed by atoms with Crippen LogP contribution in [0.25, 0.3) is 0 Å². The van der Waals surface area contributed by atoms with Gasteiger partial charge in [-0.2, -0.15) is 11.8 Å². The maximum absolute atomic E-state index is 14.0. The molecule has 7 nitrogen and oxygen atoms in total. The molecule has 2 unspecified atom stereocenters. The van der Waals surface area contributed by atoms with Gasteiger partial charge in [-0.15, -0.1) is 0 Å². The molecule has 0 aliphatic heterocycles. The first-order valence-corrected chi connectivity index (χ1v) is 14.5. The van der Waals surface area contributed by atoms with Gasteiger partial charge in [-0.25, -0.2) is 4.79 Å². The summed E-state index contributed by atoms with van der Waals surface area (Å²) in [4.78, 5) is 41.8. The van der Waals surface area contributed by atoms with Crippen LogP contribution >= 0.6 is 11.8 Å². The summed E-state index contributed by atoms with van der Waals surface area (Å²) in [6.07, 6.45) is 5.42. The molecule has 1 aromatic carbocycles. The SMILES string of the molecule is CCCCCNC(=O)C(c1cc(C)cc(C)c1)N(CCC)C(=O)C(CCSC)NC(=O)OC(C)(C)C. The van der Waals surface area contributed by atoms with Crippen molar-refractivity contribution in [1.82, 2.24) is 15.5 Å². The van der Waals surface area contributed by atoms with Crippen molar-refractivity contribution in [2.24, 2.45) is 0 Å². The zero-order chi connectivity index (χ0) is 27.3. The number of carbonyl (C=O) groups excluding carboxylic acids is 3. The topological polar surface area (TPSA) is 87.7 Å². The monoisotopic (exact) mass is 521 g/mol. The largest absolute Gasteiger partial charge is 0.444 e. The number of rotatable bonds is 14. The van der Waals surface area contributed by atoms with E-state index in [9.17, 15) is 14.4 Å². The van der Waals surface area contributed by atoms with E-state index in [4.69, 9.17) is 4.74 Å². The highest BCUT2D eigenvalue weighted by Crippen LogP contribution is 2.26. The summed E-state index contributed by atoms with van der Waals surface area (Å²) in [5, 5.41) is 5.83. The van der Waals surface area contributed by atoms with Gasteiger partial charge in [0, 0.05) is 13.1 Å². The molecule has 0 aliphatic carbocycles. The molecule has 0 heterocycles. The first kappa shape index (κ1) is 31.8. The van der Waals surface area contributed by atoms with E-state index in [1.165, 1.54) is 0 Å². The van der Waals surface area contributed by atoms with Gasteiger partial charge in [-0.05, 0) is 71.5 Å². The molecule has 0 saturated carbocycles. The zero-order valence-corrected chi connectivity index (χ0v) is 24.3. The van der Waals surface area contributed by atoms with E-state index >= 15 is 0 Å². The molecule has 0 saturated heterocycles. The van der Waals surface area contributed by atoms with Crippen LogP contribution in [0.1, 0.15) is 89.5 Å². The van der Waals surface area contributed by atoms with Crippen molar-refractivity contribution >= 4 is 29.7 Å². The van der Waals surface area contributed by atoms with Gasteiger partial charge < -0.3 is 20.3 Å². The maximum Gasteiger partial charge on any atom is 0.408 e. The maximum atomic E-state index is 14.0. The Morgan fingerprint density at radius 1 is 1.03 bits per heavy atom. The van der Waals surface area contributed by atoms with Crippen LogP contribution in [0.4, 0.5) is 4.79 Å². The highest BCUT2D eigenvalue weighted by molar-refractivity contribution is 7.98. The Kier molecular flexibility index (Phi) is 14.0. The second-order valence-corrected chi connectivity index (χ2v) is 11.3. The zero-order valence-electron chi connectivity index (χ0n) is 23.5. The molecule has 0 radical (unpaired) electrons. The Morgan fingerprint density at radius 3 is 2.19 bits per heavy atom. The van der Waals surface area contributed by atoms with Crippen LogP contribution in [0.15, 0.2) is 18.2 Å². The summed E-state index contributed by atoms with van der Waals surface area (Å²) in [5.74, 6) is 0.215. The molecule has 204 valence electrons. The van der Waals surface area contributed by atoms with Crippen molar-refractivity contribution in [2.75, 3.05) is 25.1 Å². The van der Waals surface area contributed by atoms with Crippen LogP contribution < -0.4 is 10.6 Å². The fourth-order valence-electron chi connectivity index (χ4n) is 4.07. The number of alkyl carbamates (subject to hydrolysis) is 1. The van der Waals surface area contributed by atoms with E-state index in [1.807, 2.05) is 39.2 Å². The number of amides is 3. The highest BCUT2D eigenvalue weighted by atomic mass is 32.2. The molecule has 1 aromatic rings. The number of hydrogen-bond donors (Lipinski definition) is 2. The van der Waals surface area contributed by atoms with Crippen molar-refractivity contribution in [3.05, 3.63) is 34.9 Å². The number of thioether (sulfide) groups is 1. The van der Waals surface area contributed by atoms with Crippen molar-refractivity contribution in [2.45, 2.75) is 98.3 Å². The summed E-state index contributed by atoms with van der Waals surface area (Å²) in [6, 6.07) is 4.42. The molecule has 0 fully saturated rings. The normalized spacial score (nSPS) is 13.0. The Morgan fingerprint density at radius 2 is 1.67 bits per heavy atom. The lowest BCUT2D eigenvalue weighted by molar-refractivity contribution is -0.142. The van der Waals surface area contributed by atoms with Crippen LogP contribution in [-0.2, 0) is 14.3 Å². The molecule has 0 aliphatic rings. The van der Waals surface area contributed by atoms with E-state index in [1.54, 1.807) is 37.4 Å². The summed E-state index contributed by atoms with van der Waals surface area (Å²) in [7, 11) is 0. The number of ether oxygens (including phenoxy) is 1. The minimum Gasteiger partial charge on any atom is -0.444 e. The fourth-order valence-corrected chi connectivity index (χ4v) is 4.55. The van der Waals surface area contributed by atoms with Gasteiger partial charge in [0.2, 0.25) is 11.8 Å². The third-order valence-corrected chi connectivity index (χ3v) is 6.19. The van der Waals surface area contributed by atoms with Gasteiger partial charge in [0.15, 0.2) is 0 Å². The van der Waals surface area contributed by atoms with Crippen LogP contribution in [0.2, 0.25) is 0 Å². The van der Waals surface area contributed by atoms with Crippen molar-refractivity contribution in [1.29, 1.82) is 0 Å². The van der Waals surface area contributed by atoms with E-state index < -0.39 is 23.8 Å². The van der Waals surface area contributed by atoms with Gasteiger partial charge in [-0.1, -0.05) is 56.0 Å². The van der Waals surface area contributed by atoms with Crippen molar-refractivity contribution in [3.8, 4) is 0 Å². The highest BCUT2D eigenvalue weighted by Gasteiger charge is 2.35. The molecule has 0 aromatic heterocycles. The first-order valence-electron chi connectivity index (χ1n) is 13.1. The minimum atomic E-state index is -0.792. The van der Waals surface area contributed by atoms with Crippen LogP contribution in [-0.4, -0.2) is 59.5 Å². The minimum absolute atomic E-state index is 0.196. The number of benzene rings is 1. The van der Waals surface area contributed by atoms with Crippen molar-refractivity contribution < 1.29 is 19.1 Å². The summed E-state index contributed by atoms with van der Waals surface area (Å²) in [5.41, 5.74) is 2.16. The van der Waals surface area contributed by atoms with Crippen LogP contribution in [0.5, 0.6) is 0 Å². The lowest BCUT2D eigenvalue weighted by Gasteiger charge is -2.34. The number of nitrogens with zero attached hydrogens (tertiary/aromatic N) is 1. The quantitative estimate of drug-likeness (QED) is 0.314. The number of hydrogen-bond acceptors (Lipinski definition) is 5. The molecule has 3 amide bonds. The Balaban J connectivity index is 3.39. The van der Waals surface area contributed by atoms with E-state index in [-0.39, 0.29) is 11.8 Å². The summed E-state index contributed by atoms with van der Waals surface area (Å²) >= 11 is 1.60. The first-order chi connectivity index (χ1) is 16.9. The standard InChI is InChI=1S/C28H47N3O4S/c1-9-11-12-14-29-25(32)24(22-18-20(3)17-21(4)19-22)31(15-10-2)26(33)23(13-16-36-8)30-27(34)35-28(5,6)7/h17-19,23-24H,9-16H2,1-8H3,(H,29,32)(H,30,34). The van der Waals surface area contributed by atoms with Crippen LogP contribution in [0.3, 0.4) is 0 Å². The fraction of sp³-hybridized carbons (Fsp3) is 0.679. The number of carbonyl (C=O) groups is 3. The third-order valence-electron chi connectivity index (χ3n) is 5.55. The lowest BCUT2D eigenvalue weighted by Crippen LogP contribution is -2.53. The van der Waals surface area contributed by atoms with E-state index in [0.717, 1.165) is 36.0 Å². The Hall–Kier alpha value is -2.22. The summed E-state index contributed by atoms with van der Waals surface area (Å²) < 4.78 is 5.43. The molecule has 8 heteroatoms. The molecular formula is C28H47N3O4S. The number of unbranched alkanes of at least 4 members (excludes halogenated alkanes) is 2. The van der Waals surface area contributed by atoms with Gasteiger partial charge in [-0.3, -0.25) is 9.59 Å². The van der Waals surface area contributed by atoms with Crippen molar-refractivity contribution in [3.63, 3.8) is 0 Å². The molecular weight excluding hydrogens is 474 g/mol. The molecule has 1 rings (SSSR count). The predicted octanol–water partition coefficient (Wildman–Crippen LogP) is 5.54. The average Bonchev–Trinajstić information content (AvgIpc) is 2.77. The molecule has 36 heavy (non-hydrogen) atoms. The molecule has 2 atom stereocenters. The van der Waals surface area contributed by atoms with Gasteiger partial charge in [0.25, 0.3) is 0 Å². The predicted molar refractivity (Wildman–Crippen MR) is 149 cm³/mol. The Bertz CT molecular complexity index is 833. The smallest absolute Gasteiger partial charge is 0.408 e. The molecule has 2 N–H and O–H groups in total.